The molecule has 77 heavy (non-hydrogen) atoms. The van der Waals surface area contributed by atoms with Crippen molar-refractivity contribution in [2.75, 3.05) is 50.8 Å². The molecule has 7 unspecified atom stereocenters. The maximum atomic E-state index is 13.7. The van der Waals surface area contributed by atoms with Crippen molar-refractivity contribution in [2.24, 2.45) is 7.05 Å². The molecular weight excluding hydrogens is 1130 g/mol. The molecule has 0 bridgehead atoms. The van der Waals surface area contributed by atoms with E-state index in [1.807, 2.05) is 0 Å². The van der Waals surface area contributed by atoms with Crippen LogP contribution in [0.25, 0.3) is 33.5 Å². The number of nitrogens with two attached hydrogens (primary N) is 2. The third-order valence-corrected chi connectivity index (χ3v) is 17.4. The smallest absolute Gasteiger partial charge is 0.387 e. The first kappa shape index (κ1) is 56.6. The van der Waals surface area contributed by atoms with Crippen molar-refractivity contribution in [1.82, 2.24) is 53.6 Å². The van der Waals surface area contributed by atoms with E-state index < -0.39 is 135 Å². The highest BCUT2D eigenvalue weighted by atomic mass is 31.3. The Hall–Kier alpha value is -5.15. The Morgan fingerprint density at radius 1 is 0.753 bits per heavy atom. The number of fused-ring (bicyclic) bond motifs is 3. The number of aromatic nitrogens is 12. The highest BCUT2D eigenvalue weighted by Crippen LogP contribution is 2.68. The van der Waals surface area contributed by atoms with Crippen LogP contribution in [0, 0.1) is 0 Å². The fourth-order valence-electron chi connectivity index (χ4n) is 8.72. The summed E-state index contributed by atoms with van der Waals surface area (Å²) in [6.45, 7) is -2.29. The maximum absolute atomic E-state index is 13.7. The molecule has 0 saturated carbocycles. The van der Waals surface area contributed by atoms with Gasteiger partial charge in [-0.2, -0.15) is 13.6 Å². The minimum absolute atomic E-state index is 0.0278. The topological polar surface area (TPSA) is 548 Å². The molecule has 0 spiro atoms. The molecule has 0 amide bonds. The number of methoxy groups -OCH3 is 1. The van der Waals surface area contributed by atoms with Crippen LogP contribution in [0.5, 0.6) is 0 Å². The van der Waals surface area contributed by atoms with E-state index >= 15 is 0 Å². The van der Waals surface area contributed by atoms with E-state index in [9.17, 15) is 67.8 Å². The third-order valence-electron chi connectivity index (χ3n) is 12.2. The van der Waals surface area contributed by atoms with Gasteiger partial charge in [-0.25, -0.2) is 42.8 Å². The molecule has 3 aliphatic rings. The van der Waals surface area contributed by atoms with E-state index in [0.717, 1.165) is 35.8 Å². The molecular formula is C34H48N15O24P4+. The number of hydrogen-bond donors (Lipinski definition) is 13. The zero-order chi connectivity index (χ0) is 55.9. The van der Waals surface area contributed by atoms with Gasteiger partial charge in [-0.1, -0.05) is 4.98 Å². The normalized spacial score (nSPS) is 30.9. The summed E-state index contributed by atoms with van der Waals surface area (Å²) in [5.41, 5.74) is 7.51. The van der Waals surface area contributed by atoms with Gasteiger partial charge in [0.2, 0.25) is 17.7 Å². The van der Waals surface area contributed by atoms with Crippen molar-refractivity contribution in [3.8, 4) is 0 Å². The fourth-order valence-corrected chi connectivity index (χ4v) is 13.2. The first-order chi connectivity index (χ1) is 36.0. The molecule has 3 fully saturated rings. The van der Waals surface area contributed by atoms with Crippen LogP contribution in [-0.4, -0.2) is 182 Å². The predicted octanol–water partition coefficient (Wildman–Crippen LogP) is -3.86. The van der Waals surface area contributed by atoms with Crippen LogP contribution in [0.3, 0.4) is 0 Å². The van der Waals surface area contributed by atoms with Gasteiger partial charge in [0.1, 0.15) is 66.3 Å². The summed E-state index contributed by atoms with van der Waals surface area (Å²) in [6.07, 6.45) is -13.9. The number of aliphatic hydroxyl groups excluding tert-OH is 3. The Morgan fingerprint density at radius 2 is 1.34 bits per heavy atom. The number of nitrogens with one attached hydrogen (secondary N) is 3. The van der Waals surface area contributed by atoms with Crippen LogP contribution >= 0.6 is 31.3 Å². The molecule has 0 radical (unpaired) electrons. The van der Waals surface area contributed by atoms with Gasteiger partial charge < -0.3 is 75.7 Å². The second-order valence-corrected chi connectivity index (χ2v) is 23.4. The number of rotatable bonds is 20. The van der Waals surface area contributed by atoms with E-state index in [0.29, 0.717) is 0 Å². The van der Waals surface area contributed by atoms with Crippen LogP contribution in [0.4, 0.5) is 17.7 Å². The third kappa shape index (κ3) is 11.1. The Kier molecular flexibility index (Phi) is 15.3. The van der Waals surface area contributed by atoms with E-state index in [-0.39, 0.29) is 51.2 Å². The van der Waals surface area contributed by atoms with Crippen LogP contribution in [-0.2, 0) is 71.0 Å². The number of phosphoric acid groups is 4. The molecule has 9 rings (SSSR count). The number of anilines is 3. The number of H-pyrrole nitrogens is 2. The fraction of sp³-hybridized carbons (Fsp3) is 0.559. The first-order valence-electron chi connectivity index (χ1n) is 22.0. The highest BCUT2D eigenvalue weighted by molar-refractivity contribution is 7.66. The SMILES string of the molecule is CNc1ncnc2c1ncn2[C@@H]1O[C@H](COP(=O)(O)OP(=O)(O)OP(=O)(O)OC[C@H]2O[C@@H]([n+]3cn(C)c4c(=O)[nH]c(N)nc43)C(C)(O)[C@H]2O)C(OP(=O)(O)OC[C@H]2O[C@@H](n3cnc4c(=O)[nH]c(N)nc43)[C@@H](O)C2O)[C@@H]1OC. The lowest BCUT2D eigenvalue weighted by Crippen LogP contribution is -2.53. The van der Waals surface area contributed by atoms with Crippen LogP contribution in [0.2, 0.25) is 0 Å². The van der Waals surface area contributed by atoms with Gasteiger partial charge in [-0.05, 0) is 6.92 Å². The molecule has 3 saturated heterocycles. The van der Waals surface area contributed by atoms with Crippen molar-refractivity contribution in [3.05, 3.63) is 46.0 Å². The van der Waals surface area contributed by atoms with E-state index in [1.165, 1.54) is 35.9 Å². The van der Waals surface area contributed by atoms with Gasteiger partial charge in [0.15, 0.2) is 41.4 Å². The summed E-state index contributed by atoms with van der Waals surface area (Å²) in [4.78, 5) is 96.5. The maximum Gasteiger partial charge on any atom is 0.490 e. The van der Waals surface area contributed by atoms with Gasteiger partial charge >= 0.3 is 36.9 Å². The minimum Gasteiger partial charge on any atom is -0.387 e. The Balaban J connectivity index is 0.873. The number of nitrogens with zero attached hydrogens (tertiary/aromatic N) is 10. The van der Waals surface area contributed by atoms with Crippen molar-refractivity contribution >= 4 is 82.5 Å². The van der Waals surface area contributed by atoms with Crippen molar-refractivity contribution in [2.45, 2.75) is 80.0 Å². The lowest BCUT2D eigenvalue weighted by molar-refractivity contribution is -0.752. The number of aromatic amines is 2. The summed E-state index contributed by atoms with van der Waals surface area (Å²) in [7, 11) is -19.4. The molecule has 3 aliphatic heterocycles. The summed E-state index contributed by atoms with van der Waals surface area (Å²) in [5, 5.41) is 46.8. The number of phosphoric ester groups is 3. The Bertz CT molecular complexity index is 3540. The average Bonchev–Trinajstić information content (AvgIpc) is 4.24. The second kappa shape index (κ2) is 20.8. The van der Waals surface area contributed by atoms with Crippen molar-refractivity contribution in [3.63, 3.8) is 0 Å². The zero-order valence-electron chi connectivity index (χ0n) is 39.8. The van der Waals surface area contributed by atoms with Crippen LogP contribution < -0.4 is 32.5 Å². The predicted molar refractivity (Wildman–Crippen MR) is 249 cm³/mol. The minimum atomic E-state index is -6.21. The van der Waals surface area contributed by atoms with Crippen LogP contribution in [0.15, 0.2) is 34.9 Å². The van der Waals surface area contributed by atoms with Crippen molar-refractivity contribution in [1.29, 1.82) is 0 Å². The molecule has 6 aromatic heterocycles. The summed E-state index contributed by atoms with van der Waals surface area (Å²) < 4.78 is 110. The molecule has 0 aliphatic carbocycles. The van der Waals surface area contributed by atoms with Crippen molar-refractivity contribution < 1.29 is 108 Å². The second-order valence-electron chi connectivity index (χ2n) is 17.3. The molecule has 16 atom stereocenters. The molecule has 15 N–H and O–H groups in total. The first-order valence-corrected chi connectivity index (χ1v) is 28.0. The lowest BCUT2D eigenvalue weighted by atomic mass is 9.96. The number of aliphatic hydroxyl groups is 4. The van der Waals surface area contributed by atoms with Gasteiger partial charge in [0, 0.05) is 14.2 Å². The average molecular weight is 1170 g/mol. The number of imidazole rings is 3. The largest absolute Gasteiger partial charge is 0.490 e. The Labute approximate surface area is 427 Å². The summed E-state index contributed by atoms with van der Waals surface area (Å²) in [6, 6.07) is 0. The standard InChI is InChI=1S/C34H47N15O24P4/c1-34(55)22(52)14(70-31(34)49-11-46(3)17-26(49)43-33(36)45-28(17)54)7-67-76(60,61)73-77(62,63)72-75(58,59)66-6-13-20(21(64-4)30(69-13)47-9-40-15-23(37-2)38-8-39-24(15)47)71-74(56,57)65-5-12-18(50)19(51)29(68-12)48-10-41-16-25(48)42-32(35)44-27(16)53/h8-14,18-22,29-31,50-52,55H,5-7H2,1-4H3,(H10-,35,36,37,38,39,42,43,44,45,53,54,56,57,58,59,60,61,62,63)/p+1/t12-,13-,14-,18?,19+,20?,21+,22+,29-,30-,31-,34?/m1/s1. The summed E-state index contributed by atoms with van der Waals surface area (Å²) in [5.74, 6) is -0.378. The Morgan fingerprint density at radius 3 is 2.00 bits per heavy atom. The van der Waals surface area contributed by atoms with Gasteiger partial charge in [0.25, 0.3) is 17.1 Å². The van der Waals surface area contributed by atoms with E-state index in [2.05, 4.69) is 53.8 Å². The molecule has 0 aromatic carbocycles. The monoisotopic (exact) mass is 1170 g/mol. The highest BCUT2D eigenvalue weighted by Gasteiger charge is 2.57. The molecule has 9 heterocycles. The molecule has 39 nitrogen and oxygen atoms in total. The van der Waals surface area contributed by atoms with Crippen LogP contribution in [0.1, 0.15) is 25.6 Å². The molecule has 422 valence electrons. The molecule has 6 aromatic rings. The quantitative estimate of drug-likeness (QED) is 0.0257. The van der Waals surface area contributed by atoms with Gasteiger partial charge in [-0.3, -0.25) is 51.4 Å². The van der Waals surface area contributed by atoms with E-state index in [1.54, 1.807) is 0 Å². The van der Waals surface area contributed by atoms with E-state index in [4.69, 9.17) is 48.5 Å². The number of hydrogen-bond acceptors (Lipinski definition) is 29. The number of nitrogen functional groups attached to an aromatic ring is 2. The summed E-state index contributed by atoms with van der Waals surface area (Å²) >= 11 is 0. The molecule has 43 heteroatoms. The van der Waals surface area contributed by atoms with Gasteiger partial charge in [-0.15, -0.1) is 0 Å². The van der Waals surface area contributed by atoms with Gasteiger partial charge in [0.05, 0.1) is 39.5 Å². The number of ether oxygens (including phenoxy) is 4. The lowest BCUT2D eigenvalue weighted by Gasteiger charge is -2.26. The zero-order valence-corrected chi connectivity index (χ0v) is 43.4. The number of aryl methyl sites for hydroxylation is 1.